The lowest BCUT2D eigenvalue weighted by Gasteiger charge is -2.34. The summed E-state index contributed by atoms with van der Waals surface area (Å²) in [4.78, 5) is 26.1. The van der Waals surface area contributed by atoms with Crippen LogP contribution in [0, 0.1) is 0 Å². The highest BCUT2D eigenvalue weighted by Gasteiger charge is 2.28. The SMILES string of the molecule is c1cncc(N(c2cnc3cc(N4c5ccc6ccccc6c5Sc5c4ccc4ccccc54)cnc3c2)c2cccc3ncccc23)c1. The van der Waals surface area contributed by atoms with E-state index in [0.29, 0.717) is 0 Å². The van der Waals surface area contributed by atoms with E-state index in [0.717, 1.165) is 56.1 Å². The molecule has 0 saturated carbocycles. The van der Waals surface area contributed by atoms with Crippen LogP contribution >= 0.6 is 11.8 Å². The van der Waals surface area contributed by atoms with Crippen LogP contribution in [0.4, 0.5) is 34.1 Å². The molecule has 7 heteroatoms. The zero-order chi connectivity index (χ0) is 32.3. The predicted molar refractivity (Wildman–Crippen MR) is 201 cm³/mol. The molecule has 230 valence electrons. The van der Waals surface area contributed by atoms with E-state index in [2.05, 4.69) is 123 Å². The van der Waals surface area contributed by atoms with Crippen LogP contribution in [-0.2, 0) is 0 Å². The van der Waals surface area contributed by atoms with Gasteiger partial charge < -0.3 is 9.80 Å². The van der Waals surface area contributed by atoms with Gasteiger partial charge in [0, 0.05) is 27.6 Å². The first kappa shape index (κ1) is 27.8. The number of hydrogen-bond acceptors (Lipinski definition) is 7. The first-order chi connectivity index (χ1) is 24.3. The first-order valence-electron chi connectivity index (χ1n) is 16.1. The Morgan fingerprint density at radius 1 is 0.490 bits per heavy atom. The van der Waals surface area contributed by atoms with Gasteiger partial charge in [-0.2, -0.15) is 0 Å². The van der Waals surface area contributed by atoms with Gasteiger partial charge in [-0.15, -0.1) is 0 Å². The van der Waals surface area contributed by atoms with Crippen molar-refractivity contribution >= 4 is 89.4 Å². The maximum atomic E-state index is 5.05. The molecule has 10 rings (SSSR count). The Kier molecular flexibility index (Phi) is 6.32. The van der Waals surface area contributed by atoms with Crippen LogP contribution in [0.25, 0.3) is 43.5 Å². The molecule has 0 spiro atoms. The zero-order valence-corrected chi connectivity index (χ0v) is 26.9. The molecule has 6 nitrogen and oxygen atoms in total. The number of rotatable bonds is 4. The van der Waals surface area contributed by atoms with E-state index in [4.69, 9.17) is 9.97 Å². The molecule has 1 aliphatic heterocycles. The molecule has 9 aromatic rings. The monoisotopic (exact) mass is 646 g/mol. The third kappa shape index (κ3) is 4.51. The summed E-state index contributed by atoms with van der Waals surface area (Å²) in [5, 5.41) is 5.97. The third-order valence-electron chi connectivity index (χ3n) is 9.19. The van der Waals surface area contributed by atoms with Gasteiger partial charge in [0.05, 0.1) is 69.3 Å². The molecule has 0 aliphatic carbocycles. The fraction of sp³-hybridized carbons (Fsp3) is 0. The Hall–Kier alpha value is -6.31. The smallest absolute Gasteiger partial charge is 0.0909 e. The second kappa shape index (κ2) is 11.1. The van der Waals surface area contributed by atoms with Gasteiger partial charge in [0.15, 0.2) is 0 Å². The molecule has 5 aromatic carbocycles. The quantitative estimate of drug-likeness (QED) is 0.189. The Morgan fingerprint density at radius 3 is 1.94 bits per heavy atom. The number of pyridine rings is 4. The Bertz CT molecular complexity index is 2640. The molecule has 49 heavy (non-hydrogen) atoms. The van der Waals surface area contributed by atoms with E-state index in [-0.39, 0.29) is 0 Å². The number of hydrogen-bond donors (Lipinski definition) is 0. The Labute approximate surface area is 286 Å². The largest absolute Gasteiger partial charge is 0.307 e. The van der Waals surface area contributed by atoms with Crippen molar-refractivity contribution in [3.63, 3.8) is 0 Å². The fourth-order valence-electron chi connectivity index (χ4n) is 6.96. The lowest BCUT2D eigenvalue weighted by molar-refractivity contribution is 1.17. The second-order valence-corrected chi connectivity index (χ2v) is 13.0. The number of fused-ring (bicyclic) bond motifs is 8. The van der Waals surface area contributed by atoms with Crippen LogP contribution in [0.1, 0.15) is 0 Å². The first-order valence-corrected chi connectivity index (χ1v) is 16.9. The molecule has 0 amide bonds. The number of anilines is 6. The summed E-state index contributed by atoms with van der Waals surface area (Å²) in [7, 11) is 0. The Morgan fingerprint density at radius 2 is 1.18 bits per heavy atom. The van der Waals surface area contributed by atoms with E-state index < -0.39 is 0 Å². The predicted octanol–water partition coefficient (Wildman–Crippen LogP) is 11.3. The van der Waals surface area contributed by atoms with Gasteiger partial charge in [-0.25, -0.2) is 0 Å². The molecule has 0 bridgehead atoms. The van der Waals surface area contributed by atoms with Crippen LogP contribution in [-0.4, -0.2) is 19.9 Å². The average Bonchev–Trinajstić information content (AvgIpc) is 3.17. The van der Waals surface area contributed by atoms with Gasteiger partial charge in [-0.1, -0.05) is 78.5 Å². The van der Waals surface area contributed by atoms with Crippen molar-refractivity contribution in [2.45, 2.75) is 9.79 Å². The highest BCUT2D eigenvalue weighted by Crippen LogP contribution is 2.55. The molecule has 5 heterocycles. The standard InChI is InChI=1S/C42H26N6S/c1-3-11-32-27(8-1)16-18-39-41(32)49-42-33-12-4-2-9-28(33)17-19-40(42)48(39)31-23-37-36(46-26-31)22-30(25-45-37)47(29-10-6-20-43-24-29)38-15-5-14-35-34(38)13-7-21-44-35/h1-26H. The van der Waals surface area contributed by atoms with Crippen molar-refractivity contribution < 1.29 is 0 Å². The van der Waals surface area contributed by atoms with Gasteiger partial charge in [0.1, 0.15) is 0 Å². The van der Waals surface area contributed by atoms with Gasteiger partial charge in [0.2, 0.25) is 0 Å². The summed E-state index contributed by atoms with van der Waals surface area (Å²) in [6.45, 7) is 0. The molecule has 0 unspecified atom stereocenters. The minimum absolute atomic E-state index is 0.803. The van der Waals surface area contributed by atoms with Gasteiger partial charge in [-0.05, 0) is 82.2 Å². The molecular formula is C42H26N6S. The van der Waals surface area contributed by atoms with E-state index in [1.807, 2.05) is 60.8 Å². The molecule has 1 aliphatic rings. The molecule has 0 atom stereocenters. The van der Waals surface area contributed by atoms with E-state index in [1.54, 1.807) is 6.20 Å². The van der Waals surface area contributed by atoms with Crippen LogP contribution < -0.4 is 9.80 Å². The van der Waals surface area contributed by atoms with Crippen molar-refractivity contribution in [2.75, 3.05) is 9.80 Å². The number of nitrogens with zero attached hydrogens (tertiary/aromatic N) is 6. The maximum absolute atomic E-state index is 5.05. The lowest BCUT2D eigenvalue weighted by Crippen LogP contribution is -2.15. The topological polar surface area (TPSA) is 58.0 Å². The Balaban J connectivity index is 1.14. The van der Waals surface area contributed by atoms with Crippen LogP contribution in [0.15, 0.2) is 168 Å². The zero-order valence-electron chi connectivity index (χ0n) is 26.1. The summed E-state index contributed by atoms with van der Waals surface area (Å²) in [5.41, 5.74) is 8.59. The highest BCUT2D eigenvalue weighted by molar-refractivity contribution is 8.00. The number of aromatic nitrogens is 4. The molecule has 0 saturated heterocycles. The van der Waals surface area contributed by atoms with E-state index >= 15 is 0 Å². The van der Waals surface area contributed by atoms with Crippen LogP contribution in [0.5, 0.6) is 0 Å². The lowest BCUT2D eigenvalue weighted by atomic mass is 10.1. The fourth-order valence-corrected chi connectivity index (χ4v) is 8.28. The van der Waals surface area contributed by atoms with Gasteiger partial charge in [-0.3, -0.25) is 19.9 Å². The summed E-state index contributed by atoms with van der Waals surface area (Å²) in [5.74, 6) is 0. The highest BCUT2D eigenvalue weighted by atomic mass is 32.2. The summed E-state index contributed by atoms with van der Waals surface area (Å²) in [6.07, 6.45) is 9.37. The molecule has 0 fully saturated rings. The molecule has 4 aromatic heterocycles. The van der Waals surface area contributed by atoms with Crippen LogP contribution in [0.3, 0.4) is 0 Å². The summed E-state index contributed by atoms with van der Waals surface area (Å²) < 4.78 is 0. The molecular weight excluding hydrogens is 621 g/mol. The molecule has 0 radical (unpaired) electrons. The van der Waals surface area contributed by atoms with Gasteiger partial charge >= 0.3 is 0 Å². The number of benzene rings is 5. The van der Waals surface area contributed by atoms with Crippen molar-refractivity contribution in [1.29, 1.82) is 0 Å². The average molecular weight is 647 g/mol. The normalized spacial score (nSPS) is 12.4. The van der Waals surface area contributed by atoms with Crippen molar-refractivity contribution in [2.24, 2.45) is 0 Å². The summed E-state index contributed by atoms with van der Waals surface area (Å²) in [6, 6.07) is 44.6. The second-order valence-electron chi connectivity index (χ2n) is 12.0. The third-order valence-corrected chi connectivity index (χ3v) is 10.5. The minimum atomic E-state index is 0.803. The van der Waals surface area contributed by atoms with E-state index in [1.165, 1.54) is 31.3 Å². The minimum Gasteiger partial charge on any atom is -0.307 e. The molecule has 0 N–H and O–H groups in total. The maximum Gasteiger partial charge on any atom is 0.0909 e. The van der Waals surface area contributed by atoms with Crippen LogP contribution in [0.2, 0.25) is 0 Å². The van der Waals surface area contributed by atoms with Gasteiger partial charge in [0.25, 0.3) is 0 Å². The van der Waals surface area contributed by atoms with E-state index in [9.17, 15) is 0 Å². The van der Waals surface area contributed by atoms with Crippen molar-refractivity contribution in [3.05, 3.63) is 158 Å². The van der Waals surface area contributed by atoms with Crippen molar-refractivity contribution in [3.8, 4) is 0 Å². The summed E-state index contributed by atoms with van der Waals surface area (Å²) >= 11 is 1.85. The van der Waals surface area contributed by atoms with Crippen molar-refractivity contribution in [1.82, 2.24) is 19.9 Å².